The number of ether oxygens (including phenoxy) is 2. The zero-order chi connectivity index (χ0) is 48.5. The second-order valence-corrected chi connectivity index (χ2v) is 20.9. The second-order valence-electron chi connectivity index (χ2n) is 19.8. The molecule has 68 heavy (non-hydrogen) atoms. The summed E-state index contributed by atoms with van der Waals surface area (Å²) >= 11 is 2.18. The van der Waals surface area contributed by atoms with Crippen LogP contribution in [0.2, 0.25) is 0 Å². The highest BCUT2D eigenvalue weighted by molar-refractivity contribution is 14.1. The van der Waals surface area contributed by atoms with Crippen LogP contribution >= 0.6 is 22.6 Å². The first kappa shape index (κ1) is 48.6. The van der Waals surface area contributed by atoms with Crippen LogP contribution in [0.4, 0.5) is 11.6 Å². The summed E-state index contributed by atoms with van der Waals surface area (Å²) in [6, 6.07) is 18.9. The lowest BCUT2D eigenvalue weighted by atomic mass is 9.80. The van der Waals surface area contributed by atoms with Crippen molar-refractivity contribution in [1.29, 1.82) is 0 Å². The smallest absolute Gasteiger partial charge is 0.474 e. The van der Waals surface area contributed by atoms with Gasteiger partial charge in [0.1, 0.15) is 45.9 Å². The lowest BCUT2D eigenvalue weighted by Gasteiger charge is -2.28. The van der Waals surface area contributed by atoms with Crippen LogP contribution in [0, 0.1) is 14.5 Å². The molecule has 0 aliphatic heterocycles. The molecular weight excluding hydrogens is 974 g/mol. The van der Waals surface area contributed by atoms with Gasteiger partial charge in [0.15, 0.2) is 11.3 Å². The topological polar surface area (TPSA) is 230 Å². The Hall–Kier alpha value is -5.81. The Morgan fingerprint density at radius 2 is 1.15 bits per heavy atom. The van der Waals surface area contributed by atoms with Crippen LogP contribution in [0.1, 0.15) is 53.4 Å². The zero-order valence-corrected chi connectivity index (χ0v) is 42.1. The predicted molar refractivity (Wildman–Crippen MR) is 276 cm³/mol. The van der Waals surface area contributed by atoms with Crippen molar-refractivity contribution in [1.82, 2.24) is 59.3 Å². The van der Waals surface area contributed by atoms with Crippen molar-refractivity contribution in [2.45, 2.75) is 78.7 Å². The van der Waals surface area contributed by atoms with E-state index >= 15 is 0 Å². The molecule has 0 bridgehead atoms. The average Bonchev–Trinajstić information content (AvgIpc) is 4.20. The fourth-order valence-corrected chi connectivity index (χ4v) is 9.23. The first-order valence-corrected chi connectivity index (χ1v) is 23.8. The lowest BCUT2D eigenvalue weighted by Crippen LogP contribution is -2.32. The van der Waals surface area contributed by atoms with Gasteiger partial charge in [-0.1, -0.05) is 45.9 Å². The number of nitrogens with zero attached hydrogens (tertiary/aromatic N) is 12. The lowest BCUT2D eigenvalue weighted by molar-refractivity contribution is 0.206. The minimum Gasteiger partial charge on any atom is -0.474 e. The van der Waals surface area contributed by atoms with Crippen molar-refractivity contribution in [3.63, 3.8) is 0 Å². The van der Waals surface area contributed by atoms with Crippen LogP contribution in [-0.4, -0.2) is 130 Å². The van der Waals surface area contributed by atoms with E-state index in [-0.39, 0.29) is 10.8 Å². The number of hydrogen-bond acceptors (Lipinski definition) is 16. The molecule has 18 nitrogen and oxygen atoms in total. The number of fused-ring (bicyclic) bond motifs is 4. The third-order valence-electron chi connectivity index (χ3n) is 11.3. The van der Waals surface area contributed by atoms with Gasteiger partial charge in [-0.3, -0.25) is 0 Å². The Kier molecular flexibility index (Phi) is 14.3. The number of aromatic nitrogens is 10. The molecule has 0 amide bonds. The summed E-state index contributed by atoms with van der Waals surface area (Å²) in [7, 11) is 6.87. The number of anilines is 2. The standard InChI is InChI=1S/C24H29N7O.C12H12BNO3.C12H19IN6/c1-24(2,12-30(3)4)13-31-23-20(22(25)26-14-27-23)21(29-31)16-5-9-18-15(11-16)6-10-19(28-18)32-17-7-8-17;15-13(16)9-2-5-11-8(7-9)1-6-12(14-11)17-10-3-4-10;1-12(2,5-18(3)4)6-19-11-8(9(13)17-19)10(14)15-7-16-11/h5-6,9-11,14,17H,7-8,12-13H2,1-4H3,(H2,25,26,27);1-2,5-7,10,15-16H,3-4H2;7H,5-6H2,1-4H3,(H2,14,15,16). The highest BCUT2D eigenvalue weighted by atomic mass is 127. The Morgan fingerprint density at radius 1 is 0.662 bits per heavy atom. The van der Waals surface area contributed by atoms with Gasteiger partial charge in [-0.05, 0) is 123 Å². The molecule has 0 radical (unpaired) electrons. The summed E-state index contributed by atoms with van der Waals surface area (Å²) in [5, 5.41) is 31.2. The normalized spacial score (nSPS) is 14.1. The molecule has 2 aliphatic carbocycles. The number of nitrogen functional groups attached to an aromatic ring is 2. The molecule has 2 aliphatic rings. The number of benzene rings is 2. The van der Waals surface area contributed by atoms with E-state index in [1.165, 1.54) is 12.7 Å². The second kappa shape index (κ2) is 20.0. The van der Waals surface area contributed by atoms with E-state index in [1.807, 2.05) is 45.8 Å². The molecule has 6 aromatic heterocycles. The van der Waals surface area contributed by atoms with Crippen molar-refractivity contribution in [3.05, 3.63) is 77.0 Å². The van der Waals surface area contributed by atoms with Gasteiger partial charge in [0.2, 0.25) is 11.8 Å². The maximum atomic E-state index is 9.08. The number of hydrogen-bond donors (Lipinski definition) is 4. The Bertz CT molecular complexity index is 3060. The van der Waals surface area contributed by atoms with Crippen LogP contribution < -0.4 is 26.4 Å². The molecule has 6 N–H and O–H groups in total. The van der Waals surface area contributed by atoms with Crippen molar-refractivity contribution in [2.75, 3.05) is 52.7 Å². The Labute approximate surface area is 409 Å². The molecule has 0 spiro atoms. The number of nitrogens with two attached hydrogens (primary N) is 2. The Balaban J connectivity index is 0.000000148. The molecule has 10 rings (SSSR count). The molecule has 20 heteroatoms. The first-order chi connectivity index (χ1) is 32.3. The van der Waals surface area contributed by atoms with E-state index in [2.05, 4.69) is 129 Å². The predicted octanol–water partition coefficient (Wildman–Crippen LogP) is 5.81. The van der Waals surface area contributed by atoms with Crippen LogP contribution in [0.25, 0.3) is 55.1 Å². The van der Waals surface area contributed by atoms with Crippen molar-refractivity contribution < 1.29 is 19.5 Å². The van der Waals surface area contributed by atoms with E-state index < -0.39 is 7.12 Å². The fraction of sp³-hybridized carbons (Fsp3) is 0.417. The van der Waals surface area contributed by atoms with Gasteiger partial charge in [0, 0.05) is 54.6 Å². The van der Waals surface area contributed by atoms with Gasteiger partial charge >= 0.3 is 7.12 Å². The van der Waals surface area contributed by atoms with Crippen molar-refractivity contribution in [2.24, 2.45) is 10.8 Å². The summed E-state index contributed by atoms with van der Waals surface area (Å²) in [4.78, 5) is 30.5. The van der Waals surface area contributed by atoms with Gasteiger partial charge in [-0.25, -0.2) is 39.3 Å². The first-order valence-electron chi connectivity index (χ1n) is 22.7. The SMILES string of the molecule is CN(C)CC(C)(C)Cn1nc(-c2ccc3nc(OC4CC4)ccc3c2)c2c(N)ncnc21.CN(C)CC(C)(C)Cn1nc(I)c2c(N)ncnc21.OB(O)c1ccc2nc(OC3CC3)ccc2c1. The third kappa shape index (κ3) is 12.1. The van der Waals surface area contributed by atoms with Gasteiger partial charge in [-0.2, -0.15) is 10.2 Å². The molecule has 0 saturated heterocycles. The van der Waals surface area contributed by atoms with Gasteiger partial charge in [0.25, 0.3) is 0 Å². The van der Waals surface area contributed by atoms with Crippen LogP contribution in [-0.2, 0) is 13.1 Å². The molecule has 0 atom stereocenters. The molecule has 2 aromatic carbocycles. The summed E-state index contributed by atoms with van der Waals surface area (Å²) in [5.74, 6) is 2.25. The molecule has 2 saturated carbocycles. The quantitative estimate of drug-likeness (QED) is 0.0744. The minimum absolute atomic E-state index is 0.00466. The fourth-order valence-electron chi connectivity index (χ4n) is 8.45. The van der Waals surface area contributed by atoms with E-state index in [9.17, 15) is 0 Å². The van der Waals surface area contributed by atoms with Crippen LogP contribution in [0.5, 0.6) is 11.8 Å². The zero-order valence-electron chi connectivity index (χ0n) is 39.9. The molecular formula is C48H60BIN14O4. The molecule has 6 heterocycles. The van der Waals surface area contributed by atoms with E-state index in [0.717, 1.165) is 111 Å². The molecule has 8 aromatic rings. The largest absolute Gasteiger partial charge is 0.488 e. The van der Waals surface area contributed by atoms with E-state index in [1.54, 1.807) is 18.2 Å². The Morgan fingerprint density at radius 3 is 1.66 bits per heavy atom. The number of halogens is 1. The number of rotatable bonds is 14. The monoisotopic (exact) mass is 1030 g/mol. The maximum absolute atomic E-state index is 9.08. The molecule has 0 unspecified atom stereocenters. The summed E-state index contributed by atoms with van der Waals surface area (Å²) < 4.78 is 16.2. The molecule has 2 fully saturated rings. The average molecular weight is 1030 g/mol. The van der Waals surface area contributed by atoms with E-state index in [4.69, 9.17) is 36.1 Å². The highest BCUT2D eigenvalue weighted by Gasteiger charge is 2.27. The molecule has 356 valence electrons. The summed E-state index contributed by atoms with van der Waals surface area (Å²) in [5.41, 5.74) is 17.8. The van der Waals surface area contributed by atoms with Gasteiger partial charge < -0.3 is 40.8 Å². The highest BCUT2D eigenvalue weighted by Crippen LogP contribution is 2.35. The van der Waals surface area contributed by atoms with Crippen molar-refractivity contribution in [3.8, 4) is 23.0 Å². The van der Waals surface area contributed by atoms with Gasteiger partial charge in [0.05, 0.1) is 21.8 Å². The van der Waals surface area contributed by atoms with Gasteiger partial charge in [-0.15, -0.1) is 0 Å². The maximum Gasteiger partial charge on any atom is 0.488 e. The third-order valence-corrected chi connectivity index (χ3v) is 12.0. The van der Waals surface area contributed by atoms with Crippen LogP contribution in [0.3, 0.4) is 0 Å². The minimum atomic E-state index is -1.44. The summed E-state index contributed by atoms with van der Waals surface area (Å²) in [6.07, 6.45) is 8.10. The van der Waals surface area contributed by atoms with Crippen molar-refractivity contribution >= 4 is 90.7 Å². The van der Waals surface area contributed by atoms with E-state index in [0.29, 0.717) is 41.1 Å². The summed E-state index contributed by atoms with van der Waals surface area (Å²) in [6.45, 7) is 12.3. The number of pyridine rings is 2. The van der Waals surface area contributed by atoms with Crippen LogP contribution in [0.15, 0.2) is 73.3 Å².